The molecule has 1 saturated heterocycles. The first-order valence-electron chi connectivity index (χ1n) is 7.76. The highest BCUT2D eigenvalue weighted by molar-refractivity contribution is 8.00. The van der Waals surface area contributed by atoms with Crippen molar-refractivity contribution < 1.29 is 24.3 Å². The maximum absolute atomic E-state index is 12.6. The van der Waals surface area contributed by atoms with E-state index < -0.39 is 23.2 Å². The van der Waals surface area contributed by atoms with Crippen LogP contribution in [0.25, 0.3) is 0 Å². The number of nitrogens with zero attached hydrogens (tertiary/aromatic N) is 1. The predicted molar refractivity (Wildman–Crippen MR) is 94.5 cm³/mol. The molecule has 0 radical (unpaired) electrons. The van der Waals surface area contributed by atoms with E-state index in [-0.39, 0.29) is 24.0 Å². The van der Waals surface area contributed by atoms with Gasteiger partial charge < -0.3 is 10.4 Å². The minimum Gasteiger partial charge on any atom is -0.480 e. The molecule has 0 aliphatic carbocycles. The van der Waals surface area contributed by atoms with Crippen LogP contribution in [0.2, 0.25) is 0 Å². The topological polar surface area (TPSA) is 104 Å². The van der Waals surface area contributed by atoms with Crippen molar-refractivity contribution in [2.75, 3.05) is 10.7 Å². The van der Waals surface area contributed by atoms with Crippen LogP contribution in [0.15, 0.2) is 18.2 Å². The number of amides is 3. The lowest BCUT2D eigenvalue weighted by Crippen LogP contribution is -2.42. The fourth-order valence-corrected chi connectivity index (χ4v) is 3.84. The Morgan fingerprint density at radius 2 is 2.04 bits per heavy atom. The van der Waals surface area contributed by atoms with Crippen molar-refractivity contribution in [3.8, 4) is 0 Å². The molecule has 1 heterocycles. The van der Waals surface area contributed by atoms with E-state index in [9.17, 15) is 19.2 Å². The normalized spacial score (nSPS) is 18.4. The number of anilines is 1. The molecule has 2 unspecified atom stereocenters. The monoisotopic (exact) mass is 364 g/mol. The largest absolute Gasteiger partial charge is 0.480 e. The lowest BCUT2D eigenvalue weighted by Gasteiger charge is -2.18. The van der Waals surface area contributed by atoms with Gasteiger partial charge in [0.15, 0.2) is 0 Å². The Kier molecular flexibility index (Phi) is 5.84. The van der Waals surface area contributed by atoms with Gasteiger partial charge in [-0.1, -0.05) is 17.7 Å². The minimum atomic E-state index is -1.18. The number of thioether (sulfide) groups is 1. The van der Waals surface area contributed by atoms with Gasteiger partial charge in [-0.15, -0.1) is 11.8 Å². The van der Waals surface area contributed by atoms with Gasteiger partial charge in [0.1, 0.15) is 6.04 Å². The fraction of sp³-hybridized carbons (Fsp3) is 0.412. The second kappa shape index (κ2) is 7.69. The molecule has 3 amide bonds. The zero-order valence-corrected chi connectivity index (χ0v) is 15.1. The Morgan fingerprint density at radius 1 is 1.36 bits per heavy atom. The number of carboxylic acid groups (broad SMARTS) is 1. The Morgan fingerprint density at radius 3 is 2.60 bits per heavy atom. The summed E-state index contributed by atoms with van der Waals surface area (Å²) in [5.74, 6) is -2.28. The number of carbonyl (C=O) groups is 4. The number of hydrogen-bond acceptors (Lipinski definition) is 5. The van der Waals surface area contributed by atoms with Crippen LogP contribution in [-0.4, -0.2) is 45.8 Å². The molecule has 2 N–H and O–H groups in total. The van der Waals surface area contributed by atoms with Gasteiger partial charge >= 0.3 is 5.97 Å². The third-order valence-corrected chi connectivity index (χ3v) is 5.13. The van der Waals surface area contributed by atoms with Crippen LogP contribution in [0.1, 0.15) is 24.5 Å². The summed E-state index contributed by atoms with van der Waals surface area (Å²) < 4.78 is 0. The molecule has 8 heteroatoms. The second-order valence-corrected chi connectivity index (χ2v) is 7.21. The predicted octanol–water partition coefficient (Wildman–Crippen LogP) is 1.26. The first-order chi connectivity index (χ1) is 11.7. The summed E-state index contributed by atoms with van der Waals surface area (Å²) in [5.41, 5.74) is 2.42. The number of carboxylic acids is 1. The molecule has 1 aliphatic rings. The van der Waals surface area contributed by atoms with Crippen molar-refractivity contribution in [2.45, 2.75) is 38.5 Å². The molecule has 0 aromatic heterocycles. The number of imide groups is 1. The molecule has 1 aliphatic heterocycles. The number of carbonyl (C=O) groups excluding carboxylic acids is 3. The van der Waals surface area contributed by atoms with Crippen LogP contribution >= 0.6 is 11.8 Å². The van der Waals surface area contributed by atoms with Crippen molar-refractivity contribution in [3.05, 3.63) is 29.3 Å². The van der Waals surface area contributed by atoms with Crippen molar-refractivity contribution in [1.82, 2.24) is 5.32 Å². The van der Waals surface area contributed by atoms with Gasteiger partial charge in [0.2, 0.25) is 17.7 Å². The van der Waals surface area contributed by atoms with Crippen molar-refractivity contribution in [2.24, 2.45) is 0 Å². The molecular formula is C17H20N2O5S. The molecule has 1 aromatic carbocycles. The summed E-state index contributed by atoms with van der Waals surface area (Å²) in [6, 6.07) is 4.37. The quantitative estimate of drug-likeness (QED) is 0.737. The highest BCUT2D eigenvalue weighted by atomic mass is 32.2. The van der Waals surface area contributed by atoms with E-state index in [1.807, 2.05) is 26.0 Å². The van der Waals surface area contributed by atoms with Crippen LogP contribution in [0.5, 0.6) is 0 Å². The Bertz CT molecular complexity index is 734. The van der Waals surface area contributed by atoms with Gasteiger partial charge in [-0.2, -0.15) is 0 Å². The zero-order valence-electron chi connectivity index (χ0n) is 14.2. The van der Waals surface area contributed by atoms with Gasteiger partial charge in [-0.05, 0) is 25.5 Å². The van der Waals surface area contributed by atoms with Crippen LogP contribution in [0.3, 0.4) is 0 Å². The molecular weight excluding hydrogens is 344 g/mol. The van der Waals surface area contributed by atoms with Crippen molar-refractivity contribution in [1.29, 1.82) is 0 Å². The molecule has 2 atom stereocenters. The van der Waals surface area contributed by atoms with Gasteiger partial charge in [0.05, 0.1) is 10.9 Å². The third kappa shape index (κ3) is 4.39. The van der Waals surface area contributed by atoms with E-state index in [0.717, 1.165) is 22.9 Å². The summed E-state index contributed by atoms with van der Waals surface area (Å²) in [5, 5.41) is 10.8. The van der Waals surface area contributed by atoms with E-state index in [0.29, 0.717) is 5.69 Å². The van der Waals surface area contributed by atoms with Gasteiger partial charge in [-0.3, -0.25) is 14.4 Å². The Labute approximate surface area is 149 Å². The van der Waals surface area contributed by atoms with Crippen LogP contribution in [0.4, 0.5) is 5.69 Å². The molecule has 0 bridgehead atoms. The van der Waals surface area contributed by atoms with E-state index in [1.165, 1.54) is 11.8 Å². The average Bonchev–Trinajstić information content (AvgIpc) is 2.78. The third-order valence-electron chi connectivity index (χ3n) is 3.84. The molecule has 7 nitrogen and oxygen atoms in total. The molecule has 0 saturated carbocycles. The van der Waals surface area contributed by atoms with Gasteiger partial charge in [-0.25, -0.2) is 9.69 Å². The SMILES string of the molecule is CC(=O)NC(CSC1CC(=O)N(c2ccc(C)cc2C)C1=O)C(=O)O. The summed E-state index contributed by atoms with van der Waals surface area (Å²) >= 11 is 1.07. The smallest absolute Gasteiger partial charge is 0.327 e. The molecule has 25 heavy (non-hydrogen) atoms. The van der Waals surface area contributed by atoms with E-state index >= 15 is 0 Å². The van der Waals surface area contributed by atoms with Crippen molar-refractivity contribution in [3.63, 3.8) is 0 Å². The number of benzene rings is 1. The van der Waals surface area contributed by atoms with E-state index in [1.54, 1.807) is 6.07 Å². The summed E-state index contributed by atoms with van der Waals surface area (Å²) in [6.07, 6.45) is 0.0171. The average molecular weight is 364 g/mol. The number of hydrogen-bond donors (Lipinski definition) is 2. The summed E-state index contributed by atoms with van der Waals surface area (Å²) in [6.45, 7) is 4.99. The maximum atomic E-state index is 12.6. The lowest BCUT2D eigenvalue weighted by atomic mass is 10.1. The molecule has 1 fully saturated rings. The van der Waals surface area contributed by atoms with Crippen molar-refractivity contribution >= 4 is 41.1 Å². The molecule has 0 spiro atoms. The standard InChI is InChI=1S/C17H20N2O5S/c1-9-4-5-13(10(2)6-9)19-15(21)7-14(16(19)22)25-8-12(17(23)24)18-11(3)20/h4-6,12,14H,7-8H2,1-3H3,(H,18,20)(H,23,24). The van der Waals surface area contributed by atoms with Crippen LogP contribution in [0, 0.1) is 13.8 Å². The van der Waals surface area contributed by atoms with Gasteiger partial charge in [0, 0.05) is 19.1 Å². The van der Waals surface area contributed by atoms with E-state index in [2.05, 4.69) is 5.32 Å². The second-order valence-electron chi connectivity index (χ2n) is 5.97. The minimum absolute atomic E-state index is 0.0132. The molecule has 2 rings (SSSR count). The van der Waals surface area contributed by atoms with Gasteiger partial charge in [0.25, 0.3) is 0 Å². The Balaban J connectivity index is 2.10. The number of nitrogens with one attached hydrogen (secondary N) is 1. The van der Waals surface area contributed by atoms with Crippen LogP contribution in [-0.2, 0) is 19.2 Å². The fourth-order valence-electron chi connectivity index (χ4n) is 2.68. The highest BCUT2D eigenvalue weighted by Crippen LogP contribution is 2.32. The first kappa shape index (κ1) is 19.0. The zero-order chi connectivity index (χ0) is 18.7. The first-order valence-corrected chi connectivity index (χ1v) is 8.81. The maximum Gasteiger partial charge on any atom is 0.327 e. The van der Waals surface area contributed by atoms with E-state index in [4.69, 9.17) is 5.11 Å². The number of aliphatic carboxylic acids is 1. The number of aryl methyl sites for hydroxylation is 2. The number of rotatable bonds is 6. The van der Waals surface area contributed by atoms with Crippen LogP contribution < -0.4 is 10.2 Å². The highest BCUT2D eigenvalue weighted by Gasteiger charge is 2.41. The molecule has 1 aromatic rings. The Hall–Kier alpha value is -2.35. The molecule has 134 valence electrons. The lowest BCUT2D eigenvalue weighted by molar-refractivity contribution is -0.140. The summed E-state index contributed by atoms with van der Waals surface area (Å²) in [7, 11) is 0. The summed E-state index contributed by atoms with van der Waals surface area (Å²) in [4.78, 5) is 48.3.